The zero-order valence-corrected chi connectivity index (χ0v) is 34.9. The smallest absolute Gasteiger partial charge is 0.0726 e. The molecule has 288 valence electrons. The molecule has 0 radical (unpaired) electrons. The van der Waals surface area contributed by atoms with Gasteiger partial charge in [0.05, 0.1) is 27.1 Å². The summed E-state index contributed by atoms with van der Waals surface area (Å²) < 4.78 is 5.29. The van der Waals surface area contributed by atoms with Crippen molar-refractivity contribution in [3.63, 3.8) is 0 Å². The molecule has 2 aliphatic rings. The van der Waals surface area contributed by atoms with Crippen molar-refractivity contribution in [2.45, 2.75) is 19.3 Å². The standard InChI is InChI=1S/C59H36N2S/c1-59(2)48-31-38(60-49-18-7-5-15-42(49)44-17-9-12-34-13-10-19-50(60)53(34)44)25-28-41(48)46-32-51-55-45(56(46)59)26-23-36-30-47-43-16-6-8-20-52(43)62-58(47)57(54(36)55)61(51)37-24-27-40-35(29-37)22-21-33-11-3-4-14-39(33)40/h3-32H,1-2H3. The summed E-state index contributed by atoms with van der Waals surface area (Å²) in [4.78, 5) is 2.50. The summed E-state index contributed by atoms with van der Waals surface area (Å²) in [5, 5.41) is 15.7. The van der Waals surface area contributed by atoms with Crippen molar-refractivity contribution in [3.8, 4) is 27.9 Å². The number of anilines is 3. The normalized spacial score (nSPS) is 14.1. The van der Waals surface area contributed by atoms with Crippen LogP contribution in [0.4, 0.5) is 17.1 Å². The summed E-state index contributed by atoms with van der Waals surface area (Å²) >= 11 is 1.93. The minimum absolute atomic E-state index is 0.245. The average molecular weight is 805 g/mol. The molecule has 15 rings (SSSR count). The van der Waals surface area contributed by atoms with Crippen LogP contribution in [-0.4, -0.2) is 4.57 Å². The third-order valence-corrected chi connectivity index (χ3v) is 15.8. The van der Waals surface area contributed by atoms with E-state index in [-0.39, 0.29) is 5.41 Å². The second-order valence-electron chi connectivity index (χ2n) is 18.0. The van der Waals surface area contributed by atoms with Gasteiger partial charge in [-0.1, -0.05) is 141 Å². The van der Waals surface area contributed by atoms with Gasteiger partial charge in [0.1, 0.15) is 0 Å². The van der Waals surface area contributed by atoms with Crippen molar-refractivity contribution >= 4 is 113 Å². The predicted molar refractivity (Wildman–Crippen MR) is 266 cm³/mol. The van der Waals surface area contributed by atoms with Gasteiger partial charge in [0, 0.05) is 54.0 Å². The number of aromatic nitrogens is 1. The maximum absolute atomic E-state index is 2.61. The predicted octanol–water partition coefficient (Wildman–Crippen LogP) is 17.0. The molecule has 1 aliphatic heterocycles. The first kappa shape index (κ1) is 33.3. The maximum Gasteiger partial charge on any atom is 0.0726 e. The minimum atomic E-state index is -0.245. The van der Waals surface area contributed by atoms with Gasteiger partial charge in [0.25, 0.3) is 0 Å². The number of para-hydroxylation sites is 1. The zero-order valence-electron chi connectivity index (χ0n) is 34.1. The summed E-state index contributed by atoms with van der Waals surface area (Å²) in [6.45, 7) is 4.90. The molecule has 0 bridgehead atoms. The molecule has 0 spiro atoms. The average Bonchev–Trinajstić information content (AvgIpc) is 3.93. The molecule has 11 aromatic carbocycles. The first-order valence-corrected chi connectivity index (χ1v) is 22.5. The Morgan fingerprint density at radius 1 is 0.419 bits per heavy atom. The molecule has 2 nitrogen and oxygen atoms in total. The fourth-order valence-corrected chi connectivity index (χ4v) is 13.2. The molecule has 0 fully saturated rings. The second kappa shape index (κ2) is 11.5. The summed E-state index contributed by atoms with van der Waals surface area (Å²) in [7, 11) is 0. The Morgan fingerprint density at radius 3 is 2.06 bits per heavy atom. The van der Waals surface area contributed by atoms with Crippen molar-refractivity contribution in [1.82, 2.24) is 4.57 Å². The Balaban J connectivity index is 1.02. The van der Waals surface area contributed by atoms with Crippen LogP contribution in [0.15, 0.2) is 182 Å². The van der Waals surface area contributed by atoms with Crippen molar-refractivity contribution in [2.75, 3.05) is 4.90 Å². The third-order valence-electron chi connectivity index (χ3n) is 14.6. The van der Waals surface area contributed by atoms with Crippen molar-refractivity contribution < 1.29 is 0 Å². The van der Waals surface area contributed by atoms with Crippen LogP contribution in [0.5, 0.6) is 0 Å². The van der Waals surface area contributed by atoms with Crippen molar-refractivity contribution in [3.05, 3.63) is 193 Å². The number of rotatable bonds is 2. The minimum Gasteiger partial charge on any atom is -0.309 e. The van der Waals surface area contributed by atoms with Crippen LogP contribution in [0.25, 0.3) is 113 Å². The van der Waals surface area contributed by atoms with Gasteiger partial charge in [-0.2, -0.15) is 0 Å². The summed E-state index contributed by atoms with van der Waals surface area (Å²) in [6, 6.07) is 68.9. The van der Waals surface area contributed by atoms with E-state index in [0.29, 0.717) is 0 Å². The molecular weight excluding hydrogens is 769 g/mol. The molecule has 2 aromatic heterocycles. The SMILES string of the molecule is CC1(C)c2cc(N3c4ccccc4-c4cccc5cccc3c45)ccc2-c2cc3c4c(ccc5cc6c7ccccc7sc6c(c54)n3-c3ccc4c(ccc5ccccc54)c3)c21. The molecule has 0 saturated heterocycles. The lowest BCUT2D eigenvalue weighted by molar-refractivity contribution is 0.666. The fraction of sp³-hybridized carbons (Fsp3) is 0.0508. The van der Waals surface area contributed by atoms with Gasteiger partial charge in [-0.05, 0) is 120 Å². The maximum atomic E-state index is 2.61. The summed E-state index contributed by atoms with van der Waals surface area (Å²) in [5.74, 6) is 0. The van der Waals surface area contributed by atoms with Crippen molar-refractivity contribution in [1.29, 1.82) is 0 Å². The van der Waals surface area contributed by atoms with Crippen LogP contribution in [0.1, 0.15) is 25.0 Å². The van der Waals surface area contributed by atoms with E-state index in [2.05, 4.69) is 205 Å². The molecule has 1 aliphatic carbocycles. The Bertz CT molecular complexity index is 4140. The lowest BCUT2D eigenvalue weighted by Crippen LogP contribution is -2.18. The van der Waals surface area contributed by atoms with E-state index in [4.69, 9.17) is 0 Å². The molecule has 3 heteroatoms. The fourth-order valence-electron chi connectivity index (χ4n) is 11.9. The van der Waals surface area contributed by atoms with Gasteiger partial charge in [-0.15, -0.1) is 11.3 Å². The lowest BCUT2D eigenvalue weighted by Gasteiger charge is -2.34. The van der Waals surface area contributed by atoms with Crippen molar-refractivity contribution in [2.24, 2.45) is 0 Å². The van der Waals surface area contributed by atoms with E-state index < -0.39 is 0 Å². The van der Waals surface area contributed by atoms with Crippen LogP contribution < -0.4 is 4.90 Å². The molecule has 0 N–H and O–H groups in total. The zero-order chi connectivity index (χ0) is 40.6. The molecule has 0 amide bonds. The van der Waals surface area contributed by atoms with E-state index in [1.165, 1.54) is 141 Å². The van der Waals surface area contributed by atoms with Gasteiger partial charge >= 0.3 is 0 Å². The second-order valence-corrected chi connectivity index (χ2v) is 19.1. The molecule has 0 saturated carbocycles. The first-order valence-electron chi connectivity index (χ1n) is 21.7. The number of thiophene rings is 1. The van der Waals surface area contributed by atoms with Gasteiger partial charge < -0.3 is 9.47 Å². The first-order chi connectivity index (χ1) is 30.5. The molecular formula is C59H36N2S. The number of hydrogen-bond donors (Lipinski definition) is 0. The van der Waals surface area contributed by atoms with Gasteiger partial charge in [-0.25, -0.2) is 0 Å². The van der Waals surface area contributed by atoms with Crippen LogP contribution in [-0.2, 0) is 5.41 Å². The highest BCUT2D eigenvalue weighted by Gasteiger charge is 2.40. The lowest BCUT2D eigenvalue weighted by atomic mass is 9.79. The number of nitrogens with zero attached hydrogens (tertiary/aromatic N) is 2. The highest BCUT2D eigenvalue weighted by atomic mass is 32.1. The monoisotopic (exact) mass is 804 g/mol. The van der Waals surface area contributed by atoms with E-state index in [1.807, 2.05) is 11.3 Å². The highest BCUT2D eigenvalue weighted by molar-refractivity contribution is 7.26. The van der Waals surface area contributed by atoms with Crippen LogP contribution >= 0.6 is 11.3 Å². The number of hydrogen-bond acceptors (Lipinski definition) is 2. The molecule has 62 heavy (non-hydrogen) atoms. The van der Waals surface area contributed by atoms with E-state index >= 15 is 0 Å². The van der Waals surface area contributed by atoms with E-state index in [1.54, 1.807) is 0 Å². The van der Waals surface area contributed by atoms with Crippen LogP contribution in [0.3, 0.4) is 0 Å². The van der Waals surface area contributed by atoms with Gasteiger partial charge in [-0.3, -0.25) is 0 Å². The van der Waals surface area contributed by atoms with Gasteiger partial charge in [0.15, 0.2) is 0 Å². The number of fused-ring (bicyclic) bond motifs is 13. The van der Waals surface area contributed by atoms with E-state index in [9.17, 15) is 0 Å². The Morgan fingerprint density at radius 2 is 1.13 bits per heavy atom. The Labute approximate surface area is 361 Å². The quantitative estimate of drug-likeness (QED) is 0.158. The molecule has 3 heterocycles. The van der Waals surface area contributed by atoms with Gasteiger partial charge in [0.2, 0.25) is 0 Å². The van der Waals surface area contributed by atoms with E-state index in [0.717, 1.165) is 0 Å². The van der Waals surface area contributed by atoms with Crippen LogP contribution in [0.2, 0.25) is 0 Å². The highest BCUT2D eigenvalue weighted by Crippen LogP contribution is 2.58. The summed E-state index contributed by atoms with van der Waals surface area (Å²) in [6.07, 6.45) is 0. The summed E-state index contributed by atoms with van der Waals surface area (Å²) in [5.41, 5.74) is 15.2. The molecule has 0 atom stereocenters. The largest absolute Gasteiger partial charge is 0.309 e. The van der Waals surface area contributed by atoms with Crippen LogP contribution in [0, 0.1) is 0 Å². The Kier molecular flexibility index (Phi) is 6.15. The topological polar surface area (TPSA) is 8.17 Å². The number of benzene rings is 11. The molecule has 0 unspecified atom stereocenters. The third kappa shape index (κ3) is 4.05. The molecule has 13 aromatic rings. The Hall–Kier alpha value is -7.46.